The molecule has 0 unspecified atom stereocenters. The van der Waals surface area contributed by atoms with Crippen molar-refractivity contribution in [3.63, 3.8) is 0 Å². The predicted octanol–water partition coefficient (Wildman–Crippen LogP) is 17.3. The molecule has 13 rings (SSSR count). The van der Waals surface area contributed by atoms with Crippen molar-refractivity contribution in [3.8, 4) is 72.4 Å². The second-order valence-corrected chi connectivity index (χ2v) is 18.3. The van der Waals surface area contributed by atoms with Crippen LogP contribution in [0.1, 0.15) is 11.1 Å². The summed E-state index contributed by atoms with van der Waals surface area (Å²) in [5.74, 6) is 0. The first-order valence-electron chi connectivity index (χ1n) is 22.3. The van der Waals surface area contributed by atoms with Crippen LogP contribution in [0.25, 0.3) is 114 Å². The van der Waals surface area contributed by atoms with Crippen molar-refractivity contribution >= 4 is 53.3 Å². The summed E-state index contributed by atoms with van der Waals surface area (Å²) in [6, 6.07) is 83.4. The van der Waals surface area contributed by atoms with Crippen LogP contribution in [-0.2, 0) is 12.8 Å². The van der Waals surface area contributed by atoms with E-state index in [2.05, 4.69) is 229 Å². The van der Waals surface area contributed by atoms with Crippen LogP contribution in [0, 0.1) is 0 Å². The fourth-order valence-electron chi connectivity index (χ4n) is 10.4. The first-order valence-corrected chi connectivity index (χ1v) is 23.1. The second-order valence-electron chi connectivity index (χ2n) is 17.2. The van der Waals surface area contributed by atoms with E-state index in [1.54, 1.807) is 0 Å². The number of nitrogens with zero attached hydrogens (tertiary/aromatic N) is 1. The van der Waals surface area contributed by atoms with Crippen LogP contribution in [0.2, 0.25) is 0 Å². The lowest BCUT2D eigenvalue weighted by Crippen LogP contribution is -2.00. The Hall–Kier alpha value is -7.78. The number of benzene rings is 10. The van der Waals surface area contributed by atoms with Crippen LogP contribution >= 0.6 is 11.3 Å². The van der Waals surface area contributed by atoms with E-state index in [1.807, 2.05) is 11.3 Å². The Morgan fingerprint density at radius 2 is 0.719 bits per heavy atom. The number of thiophene rings is 1. The Morgan fingerprint density at radius 3 is 1.25 bits per heavy atom. The maximum atomic E-state index is 2.60. The van der Waals surface area contributed by atoms with Crippen LogP contribution < -0.4 is 0 Å². The lowest BCUT2D eigenvalue weighted by Gasteiger charge is -2.17. The Kier molecular flexibility index (Phi) is 8.60. The molecule has 0 radical (unpaired) electrons. The standard InChI is InChI=1S/C62H41NS/c1-5-16-40(17-6-1)46-32-47(41-18-7-2-8-19-41)34-48(33-46)51-30-44-28-29-45-31-52(54-25-15-26-56-55-24-13-14-27-59(55)64-62(54)56)39-58-61(45)60(44)57(38-51)63(58)53-36-49(42-20-9-3-10-21-42)35-50(37-53)43-22-11-4-12-23-43/h1-27,30-39H,28-29H2. The molecular weight excluding hydrogens is 791 g/mol. The molecule has 10 aromatic carbocycles. The third kappa shape index (κ3) is 6.13. The highest BCUT2D eigenvalue weighted by molar-refractivity contribution is 7.26. The Morgan fingerprint density at radius 1 is 0.312 bits per heavy atom. The zero-order valence-corrected chi connectivity index (χ0v) is 35.9. The third-order valence-corrected chi connectivity index (χ3v) is 14.6. The summed E-state index contributed by atoms with van der Waals surface area (Å²) >= 11 is 1.91. The number of hydrogen-bond acceptors (Lipinski definition) is 1. The molecule has 0 spiro atoms. The van der Waals surface area contributed by atoms with Gasteiger partial charge in [0.05, 0.1) is 11.0 Å². The van der Waals surface area contributed by atoms with Gasteiger partial charge in [-0.25, -0.2) is 0 Å². The van der Waals surface area contributed by atoms with Crippen molar-refractivity contribution in [3.05, 3.63) is 236 Å². The van der Waals surface area contributed by atoms with Gasteiger partial charge in [-0.1, -0.05) is 170 Å². The average molecular weight is 832 g/mol. The van der Waals surface area contributed by atoms with Crippen LogP contribution in [0.3, 0.4) is 0 Å². The van der Waals surface area contributed by atoms with Crippen molar-refractivity contribution in [2.45, 2.75) is 12.8 Å². The van der Waals surface area contributed by atoms with Crippen molar-refractivity contribution in [2.24, 2.45) is 0 Å². The van der Waals surface area contributed by atoms with E-state index in [0.29, 0.717) is 0 Å². The van der Waals surface area contributed by atoms with Gasteiger partial charge in [0.2, 0.25) is 0 Å². The second kappa shape index (κ2) is 14.9. The van der Waals surface area contributed by atoms with Gasteiger partial charge in [0.1, 0.15) is 0 Å². The van der Waals surface area contributed by atoms with E-state index in [1.165, 1.54) is 120 Å². The summed E-state index contributed by atoms with van der Waals surface area (Å²) < 4.78 is 5.28. The van der Waals surface area contributed by atoms with Gasteiger partial charge >= 0.3 is 0 Å². The summed E-state index contributed by atoms with van der Waals surface area (Å²) in [7, 11) is 0. The highest BCUT2D eigenvalue weighted by Crippen LogP contribution is 2.47. The number of rotatable bonds is 7. The summed E-state index contributed by atoms with van der Waals surface area (Å²) in [6.07, 6.45) is 1.97. The van der Waals surface area contributed by atoms with Gasteiger partial charge in [0.25, 0.3) is 0 Å². The van der Waals surface area contributed by atoms with Gasteiger partial charge in [0.15, 0.2) is 0 Å². The molecule has 1 aliphatic carbocycles. The van der Waals surface area contributed by atoms with Gasteiger partial charge in [-0.05, 0) is 145 Å². The molecule has 0 saturated heterocycles. The maximum absolute atomic E-state index is 2.60. The van der Waals surface area contributed by atoms with Gasteiger partial charge in [0, 0.05) is 36.6 Å². The maximum Gasteiger partial charge on any atom is 0.0550 e. The summed E-state index contributed by atoms with van der Waals surface area (Å²) in [5.41, 5.74) is 21.2. The fourth-order valence-corrected chi connectivity index (χ4v) is 11.6. The van der Waals surface area contributed by atoms with Crippen LogP contribution in [-0.4, -0.2) is 4.57 Å². The Bertz CT molecular complexity index is 3630. The first kappa shape index (κ1) is 36.8. The minimum atomic E-state index is 0.982. The average Bonchev–Trinajstić information content (AvgIpc) is 3.93. The molecule has 0 atom stereocenters. The van der Waals surface area contributed by atoms with Gasteiger partial charge in [-0.2, -0.15) is 0 Å². The number of hydrogen-bond donors (Lipinski definition) is 0. The highest BCUT2D eigenvalue weighted by atomic mass is 32.1. The normalized spacial score (nSPS) is 12.2. The molecule has 12 aromatic rings. The van der Waals surface area contributed by atoms with Gasteiger partial charge in [-0.15, -0.1) is 11.3 Å². The third-order valence-electron chi connectivity index (χ3n) is 13.4. The van der Waals surface area contributed by atoms with Crippen LogP contribution in [0.4, 0.5) is 0 Å². The monoisotopic (exact) mass is 831 g/mol. The molecular formula is C62H41NS. The summed E-state index contributed by atoms with van der Waals surface area (Å²) in [6.45, 7) is 0. The van der Waals surface area contributed by atoms with Crippen LogP contribution in [0.5, 0.6) is 0 Å². The lowest BCUT2D eigenvalue weighted by atomic mass is 9.86. The number of fused-ring (bicyclic) bond motifs is 3. The Labute approximate surface area is 376 Å². The molecule has 1 aliphatic rings. The Balaban J connectivity index is 1.12. The molecule has 2 heterocycles. The first-order chi connectivity index (χ1) is 31.7. The molecule has 1 nitrogen and oxygen atoms in total. The molecule has 300 valence electrons. The van der Waals surface area contributed by atoms with E-state index in [-0.39, 0.29) is 0 Å². The molecule has 2 heteroatoms. The molecule has 0 amide bonds. The minimum absolute atomic E-state index is 0.982. The van der Waals surface area contributed by atoms with E-state index < -0.39 is 0 Å². The van der Waals surface area contributed by atoms with Crippen molar-refractivity contribution in [1.29, 1.82) is 0 Å². The van der Waals surface area contributed by atoms with Crippen molar-refractivity contribution in [1.82, 2.24) is 4.57 Å². The summed E-state index contributed by atoms with van der Waals surface area (Å²) in [4.78, 5) is 0. The molecule has 64 heavy (non-hydrogen) atoms. The zero-order valence-electron chi connectivity index (χ0n) is 35.1. The molecule has 0 N–H and O–H groups in total. The van der Waals surface area contributed by atoms with Crippen LogP contribution in [0.15, 0.2) is 224 Å². The smallest absolute Gasteiger partial charge is 0.0550 e. The highest BCUT2D eigenvalue weighted by Gasteiger charge is 2.25. The van der Waals surface area contributed by atoms with Crippen molar-refractivity contribution < 1.29 is 0 Å². The van der Waals surface area contributed by atoms with E-state index in [9.17, 15) is 0 Å². The number of aromatic nitrogens is 1. The largest absolute Gasteiger partial charge is 0.309 e. The molecule has 0 fully saturated rings. The molecule has 0 aliphatic heterocycles. The minimum Gasteiger partial charge on any atom is -0.309 e. The van der Waals surface area contributed by atoms with Crippen molar-refractivity contribution in [2.75, 3.05) is 0 Å². The summed E-state index contributed by atoms with van der Waals surface area (Å²) in [5, 5.41) is 5.41. The SMILES string of the molecule is c1ccc(-c2cc(-c3ccccc3)cc(-c3cc4c5c6c(cc(-c7cccc8c7sc7ccccc78)cc6n(-c6cc(-c7ccccc7)cc(-c7ccccc7)c6)c5c3)CC4)c2)cc1. The molecule has 0 bridgehead atoms. The molecule has 0 saturated carbocycles. The lowest BCUT2D eigenvalue weighted by molar-refractivity contribution is 0.970. The van der Waals surface area contributed by atoms with E-state index in [0.717, 1.165) is 18.5 Å². The molecule has 2 aromatic heterocycles. The zero-order chi connectivity index (χ0) is 42.1. The van der Waals surface area contributed by atoms with E-state index >= 15 is 0 Å². The quantitative estimate of drug-likeness (QED) is 0.151. The fraction of sp³-hybridized carbons (Fsp3) is 0.0323. The predicted molar refractivity (Wildman–Crippen MR) is 274 cm³/mol. The van der Waals surface area contributed by atoms with Gasteiger partial charge in [-0.3, -0.25) is 0 Å². The number of aryl methyl sites for hydroxylation is 2. The van der Waals surface area contributed by atoms with Gasteiger partial charge < -0.3 is 4.57 Å². The van der Waals surface area contributed by atoms with E-state index in [4.69, 9.17) is 0 Å². The topological polar surface area (TPSA) is 4.93 Å².